The van der Waals surface area contributed by atoms with Gasteiger partial charge in [-0.2, -0.15) is 0 Å². The van der Waals surface area contributed by atoms with Gasteiger partial charge in [0.25, 0.3) is 0 Å². The molecule has 1 aliphatic rings. The Bertz CT molecular complexity index is 1240. The maximum atomic E-state index is 12.5. The molecule has 0 radical (unpaired) electrons. The highest BCUT2D eigenvalue weighted by Gasteiger charge is 2.30. The van der Waals surface area contributed by atoms with E-state index in [1.807, 2.05) is 48.5 Å². The molecule has 4 rings (SSSR count). The van der Waals surface area contributed by atoms with E-state index in [2.05, 4.69) is 5.32 Å². The van der Waals surface area contributed by atoms with Crippen LogP contribution < -0.4 is 9.84 Å². The molecule has 188 valence electrons. The number of ether oxygens (including phenoxy) is 1. The average molecular weight is 511 g/mol. The van der Waals surface area contributed by atoms with Crippen LogP contribution in [0, 0.1) is 0 Å². The number of fused-ring (bicyclic) bond motifs is 3. The number of phosphoric ester groups is 1. The van der Waals surface area contributed by atoms with E-state index in [0.717, 1.165) is 22.3 Å². The first kappa shape index (κ1) is 25.4. The lowest BCUT2D eigenvalue weighted by molar-refractivity contribution is -0.139. The number of carbonyl (C=O) groups is 2. The Hall–Kier alpha value is -3.65. The lowest BCUT2D eigenvalue weighted by Gasteiger charge is -2.18. The topological polar surface area (TPSA) is 120 Å². The van der Waals surface area contributed by atoms with Gasteiger partial charge in [0, 0.05) is 26.6 Å². The van der Waals surface area contributed by atoms with E-state index in [1.54, 1.807) is 12.1 Å². The maximum Gasteiger partial charge on any atom is 0.529 e. The van der Waals surface area contributed by atoms with Gasteiger partial charge in [0.15, 0.2) is 0 Å². The van der Waals surface area contributed by atoms with Gasteiger partial charge in [-0.3, -0.25) is 9.05 Å². The van der Waals surface area contributed by atoms with E-state index >= 15 is 0 Å². The van der Waals surface area contributed by atoms with Gasteiger partial charge in [-0.15, -0.1) is 0 Å². The van der Waals surface area contributed by atoms with Gasteiger partial charge in [-0.05, 0) is 39.9 Å². The van der Waals surface area contributed by atoms with E-state index in [9.17, 15) is 19.3 Å². The minimum absolute atomic E-state index is 0.00598. The zero-order valence-electron chi connectivity index (χ0n) is 19.7. The molecule has 1 atom stereocenters. The Morgan fingerprint density at radius 2 is 1.47 bits per heavy atom. The highest BCUT2D eigenvalue weighted by Crippen LogP contribution is 2.47. The number of nitrogens with one attached hydrogen (secondary N) is 1. The Kier molecular flexibility index (Phi) is 7.74. The normalized spacial score (nSPS) is 13.4. The van der Waals surface area contributed by atoms with Crippen LogP contribution in [-0.2, 0) is 29.6 Å². The van der Waals surface area contributed by atoms with E-state index in [4.69, 9.17) is 18.3 Å². The molecule has 1 aliphatic carbocycles. The zero-order chi connectivity index (χ0) is 25.7. The minimum Gasteiger partial charge on any atom is -0.480 e. The average Bonchev–Trinajstić information content (AvgIpc) is 3.21. The molecule has 3 aromatic rings. The monoisotopic (exact) mass is 511 g/mol. The molecule has 3 aromatic carbocycles. The number of hydrogen-bond acceptors (Lipinski definition) is 7. The van der Waals surface area contributed by atoms with Gasteiger partial charge in [0.1, 0.15) is 18.4 Å². The van der Waals surface area contributed by atoms with Gasteiger partial charge in [0.05, 0.1) is 0 Å². The van der Waals surface area contributed by atoms with Crippen molar-refractivity contribution in [1.29, 1.82) is 0 Å². The fourth-order valence-corrected chi connectivity index (χ4v) is 4.86. The molecule has 36 heavy (non-hydrogen) atoms. The van der Waals surface area contributed by atoms with E-state index < -0.39 is 25.9 Å². The number of hydrogen-bond donors (Lipinski definition) is 2. The third-order valence-corrected chi connectivity index (χ3v) is 7.29. The summed E-state index contributed by atoms with van der Waals surface area (Å²) in [5.41, 5.74) is 4.94. The Balaban J connectivity index is 1.37. The van der Waals surface area contributed by atoms with Crippen molar-refractivity contribution in [3.63, 3.8) is 0 Å². The van der Waals surface area contributed by atoms with E-state index in [-0.39, 0.29) is 24.7 Å². The van der Waals surface area contributed by atoms with Crippen LogP contribution in [0.2, 0.25) is 0 Å². The Morgan fingerprint density at radius 3 is 2.00 bits per heavy atom. The van der Waals surface area contributed by atoms with E-state index in [0.29, 0.717) is 5.56 Å². The Labute approximate surface area is 208 Å². The number of alkyl carbamates (subject to hydrolysis) is 1. The van der Waals surface area contributed by atoms with Crippen molar-refractivity contribution < 1.29 is 37.6 Å². The molecule has 0 aromatic heterocycles. The molecular formula is C26H26NO8P. The van der Waals surface area contributed by atoms with Crippen LogP contribution in [0.25, 0.3) is 11.1 Å². The smallest absolute Gasteiger partial charge is 0.480 e. The highest BCUT2D eigenvalue weighted by atomic mass is 31.2. The quantitative estimate of drug-likeness (QED) is 0.365. The molecule has 0 bridgehead atoms. The summed E-state index contributed by atoms with van der Waals surface area (Å²) >= 11 is 0. The number of carboxylic acids is 1. The standard InChI is InChI=1S/C26H26NO8P/c1-32-36(31,33-2)35-18-13-11-17(12-14-18)15-24(25(28)29)27-26(30)34-16-23-21-9-5-3-7-19(21)20-8-4-6-10-22(20)23/h3-14,23-24H,15-16H2,1-2H3,(H,27,30)(H,28,29)/t24-/m0/s1. The molecule has 1 amide bonds. The van der Waals surface area contributed by atoms with E-state index in [1.165, 1.54) is 26.4 Å². The van der Waals surface area contributed by atoms with Crippen molar-refractivity contribution in [2.75, 3.05) is 20.8 Å². The molecule has 0 spiro atoms. The molecule has 0 heterocycles. The zero-order valence-corrected chi connectivity index (χ0v) is 20.6. The molecule has 0 saturated heterocycles. The number of rotatable bonds is 10. The number of phosphoric acid groups is 1. The lowest BCUT2D eigenvalue weighted by atomic mass is 9.98. The predicted molar refractivity (Wildman–Crippen MR) is 132 cm³/mol. The largest absolute Gasteiger partial charge is 0.529 e. The van der Waals surface area contributed by atoms with Crippen molar-refractivity contribution in [2.45, 2.75) is 18.4 Å². The van der Waals surface area contributed by atoms with Crippen molar-refractivity contribution in [1.82, 2.24) is 5.32 Å². The summed E-state index contributed by atoms with van der Waals surface area (Å²) < 4.78 is 32.2. The van der Waals surface area contributed by atoms with Crippen LogP contribution in [0.15, 0.2) is 72.8 Å². The minimum atomic E-state index is -3.71. The van der Waals surface area contributed by atoms with Crippen LogP contribution in [0.4, 0.5) is 4.79 Å². The fraction of sp³-hybridized carbons (Fsp3) is 0.231. The number of carboxylic acid groups (broad SMARTS) is 1. The summed E-state index contributed by atoms with van der Waals surface area (Å²) in [4.78, 5) is 24.3. The van der Waals surface area contributed by atoms with Crippen LogP contribution in [0.5, 0.6) is 5.75 Å². The first-order chi connectivity index (χ1) is 17.3. The molecule has 2 N–H and O–H groups in total. The summed E-state index contributed by atoms with van der Waals surface area (Å²) in [6.07, 6.45) is -0.809. The molecule has 0 saturated carbocycles. The SMILES string of the molecule is COP(=O)(OC)Oc1ccc(C[C@H](NC(=O)OCC2c3ccccc3-c3ccccc32)C(=O)O)cc1. The summed E-state index contributed by atoms with van der Waals surface area (Å²) in [6, 6.07) is 20.9. The van der Waals surface area contributed by atoms with Gasteiger partial charge >= 0.3 is 19.9 Å². The molecular weight excluding hydrogens is 485 g/mol. The molecule has 0 fully saturated rings. The number of amides is 1. The van der Waals surface area contributed by atoms with Crippen molar-refractivity contribution in [2.24, 2.45) is 0 Å². The van der Waals surface area contributed by atoms with Crippen molar-refractivity contribution in [3.05, 3.63) is 89.5 Å². The number of carbonyl (C=O) groups excluding carboxylic acids is 1. The van der Waals surface area contributed by atoms with Crippen LogP contribution >= 0.6 is 7.82 Å². The first-order valence-electron chi connectivity index (χ1n) is 11.2. The fourth-order valence-electron chi connectivity index (χ4n) is 4.18. The third kappa shape index (κ3) is 5.60. The number of benzene rings is 3. The predicted octanol–water partition coefficient (Wildman–Crippen LogP) is 5.00. The number of aliphatic carboxylic acids is 1. The molecule has 9 nitrogen and oxygen atoms in total. The molecule has 0 unspecified atom stereocenters. The Morgan fingerprint density at radius 1 is 0.917 bits per heavy atom. The van der Waals surface area contributed by atoms with Crippen molar-refractivity contribution >= 4 is 19.9 Å². The summed E-state index contributed by atoms with van der Waals surface area (Å²) in [6.45, 7) is 0.0806. The third-order valence-electron chi connectivity index (χ3n) is 5.96. The highest BCUT2D eigenvalue weighted by molar-refractivity contribution is 7.48. The van der Waals surface area contributed by atoms with Gasteiger partial charge in [0.2, 0.25) is 0 Å². The van der Waals surface area contributed by atoms with Crippen LogP contribution in [-0.4, -0.2) is 44.0 Å². The first-order valence-corrected chi connectivity index (χ1v) is 12.6. The van der Waals surface area contributed by atoms with Crippen LogP contribution in [0.1, 0.15) is 22.6 Å². The van der Waals surface area contributed by atoms with Gasteiger partial charge < -0.3 is 19.7 Å². The summed E-state index contributed by atoms with van der Waals surface area (Å²) in [7, 11) is -1.31. The maximum absolute atomic E-state index is 12.5. The van der Waals surface area contributed by atoms with Crippen molar-refractivity contribution in [3.8, 4) is 16.9 Å². The summed E-state index contributed by atoms with van der Waals surface area (Å²) in [5, 5.41) is 12.1. The van der Waals surface area contributed by atoms with Gasteiger partial charge in [-0.1, -0.05) is 60.7 Å². The second-order valence-electron chi connectivity index (χ2n) is 8.11. The molecule has 0 aliphatic heterocycles. The van der Waals surface area contributed by atoms with Gasteiger partial charge in [-0.25, -0.2) is 14.2 Å². The lowest BCUT2D eigenvalue weighted by Crippen LogP contribution is -2.42. The summed E-state index contributed by atoms with van der Waals surface area (Å²) in [5.74, 6) is -1.11. The van der Waals surface area contributed by atoms with Crippen LogP contribution in [0.3, 0.4) is 0 Å². The second-order valence-corrected chi connectivity index (χ2v) is 9.92. The molecule has 10 heteroatoms. The second kappa shape index (κ2) is 11.0.